The fourth-order valence-corrected chi connectivity index (χ4v) is 3.16. The second-order valence-electron chi connectivity index (χ2n) is 6.67. The summed E-state index contributed by atoms with van der Waals surface area (Å²) in [6.45, 7) is 0. The summed E-state index contributed by atoms with van der Waals surface area (Å²) in [5.74, 6) is -1.78. The van der Waals surface area contributed by atoms with Crippen LogP contribution in [0.3, 0.4) is 0 Å². The number of hydrogen-bond donors (Lipinski definition) is 2. The van der Waals surface area contributed by atoms with Crippen molar-refractivity contribution in [2.24, 2.45) is 4.99 Å². The normalized spacial score (nSPS) is 15.2. The summed E-state index contributed by atoms with van der Waals surface area (Å²) in [6, 6.07) is 17.7. The van der Waals surface area contributed by atoms with E-state index in [1.807, 2.05) is 0 Å². The number of hydrogen-bond acceptors (Lipinski definition) is 5. The van der Waals surface area contributed by atoms with E-state index in [9.17, 15) is 24.1 Å². The summed E-state index contributed by atoms with van der Waals surface area (Å²) >= 11 is 0. The maximum atomic E-state index is 14.5. The minimum atomic E-state index is -1.34. The van der Waals surface area contributed by atoms with Crippen LogP contribution in [0.15, 0.2) is 77.8 Å². The average Bonchev–Trinajstić information content (AvgIpc) is 2.90. The Balaban J connectivity index is 1.71. The van der Waals surface area contributed by atoms with E-state index in [2.05, 4.69) is 15.6 Å². The van der Waals surface area contributed by atoms with Gasteiger partial charge in [0.25, 0.3) is 17.5 Å². The molecule has 2 amide bonds. The molecule has 1 heterocycles. The van der Waals surface area contributed by atoms with E-state index >= 15 is 0 Å². The number of nitro benzene ring substituents is 1. The molecule has 3 aromatic rings. The molecule has 0 aliphatic carbocycles. The lowest BCUT2D eigenvalue weighted by atomic mass is 10.0. The Labute approximate surface area is 175 Å². The van der Waals surface area contributed by atoms with Gasteiger partial charge in [-0.05, 0) is 30.3 Å². The van der Waals surface area contributed by atoms with Gasteiger partial charge >= 0.3 is 0 Å². The molecule has 1 aliphatic heterocycles. The van der Waals surface area contributed by atoms with Gasteiger partial charge in [0.05, 0.1) is 16.3 Å². The van der Waals surface area contributed by atoms with Gasteiger partial charge in [-0.25, -0.2) is 9.38 Å². The molecule has 8 nitrogen and oxygen atoms in total. The smallest absolute Gasteiger partial charge is 0.269 e. The molecule has 0 bridgehead atoms. The van der Waals surface area contributed by atoms with Crippen LogP contribution >= 0.6 is 0 Å². The lowest BCUT2D eigenvalue weighted by Gasteiger charge is -2.13. The molecule has 154 valence electrons. The number of nitrogens with zero attached hydrogens (tertiary/aromatic N) is 2. The van der Waals surface area contributed by atoms with Crippen LogP contribution in [-0.2, 0) is 4.79 Å². The molecule has 9 heteroatoms. The monoisotopic (exact) mass is 418 g/mol. The van der Waals surface area contributed by atoms with Crippen molar-refractivity contribution in [3.05, 3.63) is 105 Å². The molecule has 1 aliphatic rings. The molecule has 1 atom stereocenters. The maximum Gasteiger partial charge on any atom is 0.269 e. The lowest BCUT2D eigenvalue weighted by molar-refractivity contribution is -0.384. The van der Waals surface area contributed by atoms with Crippen molar-refractivity contribution in [2.75, 3.05) is 5.32 Å². The van der Waals surface area contributed by atoms with Crippen LogP contribution in [0, 0.1) is 15.9 Å². The number of nitrogens with one attached hydrogen (secondary N) is 2. The molecule has 0 fully saturated rings. The van der Waals surface area contributed by atoms with Crippen LogP contribution in [0.1, 0.15) is 21.5 Å². The van der Waals surface area contributed by atoms with Gasteiger partial charge in [0.15, 0.2) is 0 Å². The molecule has 0 saturated heterocycles. The zero-order valence-electron chi connectivity index (χ0n) is 15.9. The van der Waals surface area contributed by atoms with Gasteiger partial charge in [-0.1, -0.05) is 30.3 Å². The first-order chi connectivity index (χ1) is 14.9. The van der Waals surface area contributed by atoms with Gasteiger partial charge in [0, 0.05) is 28.8 Å². The molecule has 0 spiro atoms. The van der Waals surface area contributed by atoms with Crippen molar-refractivity contribution in [1.29, 1.82) is 0 Å². The van der Waals surface area contributed by atoms with E-state index in [1.54, 1.807) is 36.4 Å². The maximum absolute atomic E-state index is 14.5. The SMILES string of the molecule is O=C(N[C@H]1N=C(c2ccccc2F)c2ccccc2NC1=O)c1ccc([N+](=O)[O-])cc1. The summed E-state index contributed by atoms with van der Waals surface area (Å²) in [5.41, 5.74) is 1.28. The Kier molecular flexibility index (Phi) is 5.23. The minimum Gasteiger partial charge on any atom is -0.322 e. The van der Waals surface area contributed by atoms with Crippen molar-refractivity contribution in [2.45, 2.75) is 6.17 Å². The quantitative estimate of drug-likeness (QED) is 0.500. The highest BCUT2D eigenvalue weighted by atomic mass is 19.1. The predicted molar refractivity (Wildman–Crippen MR) is 111 cm³/mol. The minimum absolute atomic E-state index is 0.114. The molecular formula is C22H15FN4O4. The number of benzene rings is 3. The van der Waals surface area contributed by atoms with E-state index in [0.29, 0.717) is 11.3 Å². The summed E-state index contributed by atoms with van der Waals surface area (Å²) < 4.78 is 14.5. The molecule has 0 aromatic heterocycles. The van der Waals surface area contributed by atoms with Gasteiger partial charge in [-0.2, -0.15) is 0 Å². The van der Waals surface area contributed by atoms with Gasteiger partial charge in [0.2, 0.25) is 6.17 Å². The number of nitro groups is 1. The highest BCUT2D eigenvalue weighted by molar-refractivity contribution is 6.20. The average molecular weight is 418 g/mol. The number of non-ortho nitro benzene ring substituents is 1. The summed E-state index contributed by atoms with van der Waals surface area (Å²) in [5, 5.41) is 16.0. The zero-order valence-corrected chi connectivity index (χ0v) is 15.9. The molecular weight excluding hydrogens is 403 g/mol. The van der Waals surface area contributed by atoms with E-state index in [1.165, 1.54) is 36.4 Å². The number of carbonyl (C=O) groups excluding carboxylic acids is 2. The predicted octanol–water partition coefficient (Wildman–Crippen LogP) is 3.28. The standard InChI is InChI=1S/C22H15FN4O4/c23-17-7-3-1-5-15(17)19-16-6-2-4-8-18(16)24-22(29)20(25-19)26-21(28)13-9-11-14(12-10-13)27(30)31/h1-12,20H,(H,24,29)(H,26,28)/t20-/m1/s1. The van der Waals surface area contributed by atoms with Gasteiger partial charge < -0.3 is 10.6 Å². The molecule has 0 unspecified atom stereocenters. The molecule has 0 radical (unpaired) electrons. The molecule has 3 aromatic carbocycles. The van der Waals surface area contributed by atoms with E-state index in [4.69, 9.17) is 0 Å². The number of halogens is 1. The Morgan fingerprint density at radius 3 is 2.32 bits per heavy atom. The fraction of sp³-hybridized carbons (Fsp3) is 0.0455. The van der Waals surface area contributed by atoms with Crippen molar-refractivity contribution in [3.63, 3.8) is 0 Å². The van der Waals surface area contributed by atoms with Crippen LogP contribution in [0.4, 0.5) is 15.8 Å². The number of anilines is 1. The second kappa shape index (κ2) is 8.15. The first-order valence-electron chi connectivity index (χ1n) is 9.22. The number of benzodiazepines with no additional fused rings is 1. The van der Waals surface area contributed by atoms with E-state index < -0.39 is 28.7 Å². The molecule has 4 rings (SSSR count). The van der Waals surface area contributed by atoms with Crippen LogP contribution < -0.4 is 10.6 Å². The zero-order chi connectivity index (χ0) is 22.0. The van der Waals surface area contributed by atoms with Crippen LogP contribution in [0.25, 0.3) is 0 Å². The van der Waals surface area contributed by atoms with E-state index in [-0.39, 0.29) is 22.5 Å². The number of rotatable bonds is 4. The molecule has 0 saturated carbocycles. The van der Waals surface area contributed by atoms with Crippen molar-refractivity contribution in [1.82, 2.24) is 5.32 Å². The van der Waals surface area contributed by atoms with Crippen molar-refractivity contribution >= 4 is 28.9 Å². The largest absolute Gasteiger partial charge is 0.322 e. The van der Waals surface area contributed by atoms with Crippen LogP contribution in [0.5, 0.6) is 0 Å². The highest BCUT2D eigenvalue weighted by Crippen LogP contribution is 2.25. The van der Waals surface area contributed by atoms with Gasteiger partial charge in [-0.3, -0.25) is 19.7 Å². The third kappa shape index (κ3) is 4.01. The number of fused-ring (bicyclic) bond motifs is 1. The summed E-state index contributed by atoms with van der Waals surface area (Å²) in [4.78, 5) is 39.9. The molecule has 31 heavy (non-hydrogen) atoms. The first-order valence-corrected chi connectivity index (χ1v) is 9.22. The summed E-state index contributed by atoms with van der Waals surface area (Å²) in [6.07, 6.45) is -1.34. The van der Waals surface area contributed by atoms with E-state index in [0.717, 1.165) is 0 Å². The number of amides is 2. The Morgan fingerprint density at radius 2 is 1.65 bits per heavy atom. The Hall–Kier alpha value is -4.40. The third-order valence-electron chi connectivity index (χ3n) is 4.68. The second-order valence-corrected chi connectivity index (χ2v) is 6.67. The van der Waals surface area contributed by atoms with Crippen molar-refractivity contribution < 1.29 is 18.9 Å². The molecule has 2 N–H and O–H groups in total. The lowest BCUT2D eigenvalue weighted by Crippen LogP contribution is -2.42. The third-order valence-corrected chi connectivity index (χ3v) is 4.68. The summed E-state index contributed by atoms with van der Waals surface area (Å²) in [7, 11) is 0. The topological polar surface area (TPSA) is 114 Å². The van der Waals surface area contributed by atoms with Gasteiger partial charge in [0.1, 0.15) is 5.82 Å². The van der Waals surface area contributed by atoms with Gasteiger partial charge in [-0.15, -0.1) is 0 Å². The van der Waals surface area contributed by atoms with Crippen molar-refractivity contribution in [3.8, 4) is 0 Å². The first kappa shape index (κ1) is 19.9. The number of aliphatic imine (C=N–C) groups is 1. The number of carbonyl (C=O) groups is 2. The fourth-order valence-electron chi connectivity index (χ4n) is 3.16. The van der Waals surface area contributed by atoms with Crippen LogP contribution in [-0.4, -0.2) is 28.6 Å². The Morgan fingerprint density at radius 1 is 1.00 bits per heavy atom. The van der Waals surface area contributed by atoms with Crippen LogP contribution in [0.2, 0.25) is 0 Å². The highest BCUT2D eigenvalue weighted by Gasteiger charge is 2.28. The Bertz CT molecular complexity index is 1220. The number of para-hydroxylation sites is 1.